The van der Waals surface area contributed by atoms with Gasteiger partial charge in [0, 0.05) is 62.6 Å². The molecule has 0 atom stereocenters. The zero-order chi connectivity index (χ0) is 27.9. The summed E-state index contributed by atoms with van der Waals surface area (Å²) in [6.07, 6.45) is 17.6. The molecule has 1 rings (SSSR count). The van der Waals surface area contributed by atoms with Crippen LogP contribution in [0, 0.1) is 19.3 Å². The molecule has 0 saturated heterocycles. The molecule has 0 amide bonds. The molecule has 0 aliphatic heterocycles. The summed E-state index contributed by atoms with van der Waals surface area (Å²) in [7, 11) is 3.68. The Bertz CT molecular complexity index is 1040. The Morgan fingerprint density at radius 2 is 1.97 bits per heavy atom. The summed E-state index contributed by atoms with van der Waals surface area (Å²) < 4.78 is 0. The van der Waals surface area contributed by atoms with Crippen LogP contribution >= 0.6 is 0 Å². The standard InChI is InChI=1S/C27H34N5.C4H8O.V/c1-8-24-13-10-14-26(20-24)22(4)27(25(9-2)15-17-32-29-7)23(5)31-19-18-30-21(3)12-11-16-28-6;1-2-3-4-5;/h1,9-15,17,20,28-30,32H,2-5,16,18-19H2,6-7H3;4H,2-3H2,1H3;/q-1;;/b12-11+,17-15-,27-25+,31-23?;;. The van der Waals surface area contributed by atoms with Gasteiger partial charge in [-0.3, -0.25) is 0 Å². The number of hydrazine groups is 1. The predicted molar refractivity (Wildman–Crippen MR) is 161 cm³/mol. The summed E-state index contributed by atoms with van der Waals surface area (Å²) in [6, 6.07) is 7.69. The Balaban J connectivity index is 0. The van der Waals surface area contributed by atoms with E-state index in [0.717, 1.165) is 52.8 Å². The number of likely N-dealkylation sites (N-methyl/N-ethyl adjacent to an activating group) is 1. The van der Waals surface area contributed by atoms with Crippen molar-refractivity contribution in [3.63, 3.8) is 0 Å². The van der Waals surface area contributed by atoms with E-state index in [1.807, 2.05) is 56.5 Å². The average Bonchev–Trinajstić information content (AvgIpc) is 2.91. The van der Waals surface area contributed by atoms with Gasteiger partial charge in [-0.15, -0.1) is 24.3 Å². The van der Waals surface area contributed by atoms with E-state index >= 15 is 0 Å². The first kappa shape index (κ1) is 36.7. The molecule has 203 valence electrons. The molecule has 0 aromatic heterocycles. The molecule has 0 bridgehead atoms. The predicted octanol–water partition coefficient (Wildman–Crippen LogP) is 4.54. The normalized spacial score (nSPS) is 11.4. The molecule has 0 fully saturated rings. The Morgan fingerprint density at radius 3 is 2.53 bits per heavy atom. The van der Waals surface area contributed by atoms with Gasteiger partial charge < -0.3 is 25.8 Å². The SMILES string of the molecule is C#Cc1cccc(C(=C)/C(C([CH2-])=NCCNC(=C)/C=C/CNC)=C(C=C)\C=C/NNC)c1.CCCC=O.[V]. The zero-order valence-electron chi connectivity index (χ0n) is 23.0. The van der Waals surface area contributed by atoms with Crippen molar-refractivity contribution in [1.82, 2.24) is 21.5 Å². The van der Waals surface area contributed by atoms with Crippen LogP contribution < -0.4 is 21.5 Å². The molecule has 4 N–H and O–H groups in total. The van der Waals surface area contributed by atoms with E-state index in [-0.39, 0.29) is 18.6 Å². The van der Waals surface area contributed by atoms with E-state index in [1.54, 1.807) is 19.3 Å². The zero-order valence-corrected chi connectivity index (χ0v) is 24.4. The number of carbonyl (C=O) groups excluding carboxylic acids is 1. The molecule has 1 aromatic rings. The molecule has 0 aliphatic carbocycles. The molecular weight excluding hydrogens is 509 g/mol. The molecule has 7 heteroatoms. The van der Waals surface area contributed by atoms with Gasteiger partial charge >= 0.3 is 0 Å². The van der Waals surface area contributed by atoms with Crippen molar-refractivity contribution in [2.45, 2.75) is 19.8 Å². The molecule has 1 radical (unpaired) electrons. The summed E-state index contributed by atoms with van der Waals surface area (Å²) in [6.45, 7) is 20.4. The van der Waals surface area contributed by atoms with Crippen LogP contribution in [0.5, 0.6) is 0 Å². The maximum Gasteiger partial charge on any atom is 0.119 e. The van der Waals surface area contributed by atoms with Crippen LogP contribution in [0.25, 0.3) is 5.57 Å². The first-order chi connectivity index (χ1) is 17.9. The van der Waals surface area contributed by atoms with Crippen LogP contribution in [0.2, 0.25) is 0 Å². The number of nitrogens with zero attached hydrogens (tertiary/aromatic N) is 1. The van der Waals surface area contributed by atoms with Gasteiger partial charge in [0.05, 0.1) is 6.54 Å². The third-order valence-corrected chi connectivity index (χ3v) is 4.78. The van der Waals surface area contributed by atoms with E-state index in [0.29, 0.717) is 25.2 Å². The van der Waals surface area contributed by atoms with Crippen LogP contribution in [-0.2, 0) is 23.4 Å². The second kappa shape index (κ2) is 23.9. The smallest absolute Gasteiger partial charge is 0.119 e. The Morgan fingerprint density at radius 1 is 1.24 bits per heavy atom. The van der Waals surface area contributed by atoms with Gasteiger partial charge in [-0.1, -0.05) is 67.5 Å². The number of nitrogens with one attached hydrogen (secondary N) is 4. The van der Waals surface area contributed by atoms with Gasteiger partial charge in [0.1, 0.15) is 6.29 Å². The van der Waals surface area contributed by atoms with E-state index in [4.69, 9.17) is 6.42 Å². The first-order valence-electron chi connectivity index (χ1n) is 12.2. The molecule has 0 unspecified atom stereocenters. The van der Waals surface area contributed by atoms with E-state index in [1.165, 1.54) is 0 Å². The maximum absolute atomic E-state index is 9.40. The summed E-state index contributed by atoms with van der Waals surface area (Å²) >= 11 is 0. The third kappa shape index (κ3) is 15.6. The quantitative estimate of drug-likeness (QED) is 0.0462. The minimum atomic E-state index is 0. The summed E-state index contributed by atoms with van der Waals surface area (Å²) in [5.74, 6) is 2.66. The number of hydrogen-bond donors (Lipinski definition) is 4. The fraction of sp³-hybridized carbons (Fsp3) is 0.258. The molecule has 6 nitrogen and oxygen atoms in total. The minimum absolute atomic E-state index is 0. The largest absolute Gasteiger partial charge is 0.384 e. The number of carbonyl (C=O) groups is 1. The summed E-state index contributed by atoms with van der Waals surface area (Å²) in [5.41, 5.74) is 11.3. The van der Waals surface area contributed by atoms with Crippen LogP contribution in [0.3, 0.4) is 0 Å². The number of aldehydes is 1. The molecular formula is C31H42N5OV-. The van der Waals surface area contributed by atoms with Crippen LogP contribution in [-0.4, -0.2) is 45.7 Å². The number of allylic oxidation sites excluding steroid dienone is 6. The average molecular weight is 552 g/mol. The van der Waals surface area contributed by atoms with Gasteiger partial charge in [-0.2, -0.15) is 0 Å². The van der Waals surface area contributed by atoms with Gasteiger partial charge in [0.15, 0.2) is 0 Å². The van der Waals surface area contributed by atoms with Gasteiger partial charge in [0.2, 0.25) is 0 Å². The molecule has 38 heavy (non-hydrogen) atoms. The number of hydrogen-bond acceptors (Lipinski definition) is 6. The van der Waals surface area contributed by atoms with Crippen LogP contribution in [0.4, 0.5) is 0 Å². The van der Waals surface area contributed by atoms with Crippen molar-refractivity contribution in [2.24, 2.45) is 4.99 Å². The molecule has 0 aliphatic rings. The van der Waals surface area contributed by atoms with E-state index < -0.39 is 0 Å². The number of rotatable bonds is 16. The number of aliphatic imine (C=N–C) groups is 1. The van der Waals surface area contributed by atoms with Crippen LogP contribution in [0.15, 0.2) is 96.3 Å². The first-order valence-corrected chi connectivity index (χ1v) is 12.2. The molecule has 0 spiro atoms. The Kier molecular flexibility index (Phi) is 23.1. The fourth-order valence-corrected chi connectivity index (χ4v) is 2.91. The van der Waals surface area contributed by atoms with Crippen molar-refractivity contribution < 1.29 is 23.4 Å². The minimum Gasteiger partial charge on any atom is -0.384 e. The second-order valence-electron chi connectivity index (χ2n) is 7.66. The fourth-order valence-electron chi connectivity index (χ4n) is 2.91. The molecule has 1 aromatic carbocycles. The monoisotopic (exact) mass is 551 g/mol. The molecule has 0 heterocycles. The van der Waals surface area contributed by atoms with Crippen molar-refractivity contribution >= 4 is 17.6 Å². The number of unbranched alkanes of at least 4 members (excludes halogenated alkanes) is 1. The van der Waals surface area contributed by atoms with Gasteiger partial charge in [-0.05, 0) is 37.2 Å². The maximum atomic E-state index is 9.40. The van der Waals surface area contributed by atoms with Crippen molar-refractivity contribution in [3.05, 3.63) is 109 Å². The summed E-state index contributed by atoms with van der Waals surface area (Å²) in [4.78, 5) is 14.1. The van der Waals surface area contributed by atoms with Crippen LogP contribution in [0.1, 0.15) is 30.9 Å². The van der Waals surface area contributed by atoms with E-state index in [9.17, 15) is 4.79 Å². The molecule has 0 saturated carbocycles. The van der Waals surface area contributed by atoms with E-state index in [2.05, 4.69) is 59.1 Å². The van der Waals surface area contributed by atoms with Crippen molar-refractivity contribution in [1.29, 1.82) is 0 Å². The van der Waals surface area contributed by atoms with Gasteiger partial charge in [-0.25, -0.2) is 12.3 Å². The Hall–Kier alpha value is -3.47. The number of terminal acetylenes is 1. The third-order valence-electron chi connectivity index (χ3n) is 4.78. The summed E-state index contributed by atoms with van der Waals surface area (Å²) in [5, 5.41) is 6.29. The number of benzene rings is 1. The van der Waals surface area contributed by atoms with Gasteiger partial charge in [0.25, 0.3) is 0 Å². The van der Waals surface area contributed by atoms with Crippen molar-refractivity contribution in [2.75, 3.05) is 33.7 Å². The second-order valence-corrected chi connectivity index (χ2v) is 7.66. The Labute approximate surface area is 242 Å². The topological polar surface area (TPSA) is 77.6 Å². The van der Waals surface area contributed by atoms with Crippen molar-refractivity contribution in [3.8, 4) is 12.3 Å².